The van der Waals surface area contributed by atoms with E-state index in [0.717, 1.165) is 20.9 Å². The first kappa shape index (κ1) is 15.6. The molecule has 0 unspecified atom stereocenters. The largest absolute Gasteiger partial charge is 0.297 e. The molecule has 2 aromatic rings. The molecular weight excluding hydrogens is 361 g/mol. The van der Waals surface area contributed by atoms with E-state index in [1.165, 1.54) is 50.1 Å². The summed E-state index contributed by atoms with van der Waals surface area (Å²) in [7, 11) is 0. The number of nitrogens with zero attached hydrogens (tertiary/aromatic N) is 1. The molecule has 3 saturated heterocycles. The van der Waals surface area contributed by atoms with Crippen LogP contribution >= 0.6 is 34.5 Å². The number of fused-ring (bicyclic) bond motifs is 3. The van der Waals surface area contributed by atoms with Gasteiger partial charge in [-0.2, -0.15) is 0 Å². The van der Waals surface area contributed by atoms with Crippen LogP contribution < -0.4 is 0 Å². The Morgan fingerprint density at radius 2 is 2.00 bits per heavy atom. The number of ketones is 1. The molecule has 24 heavy (non-hydrogen) atoms. The van der Waals surface area contributed by atoms with Crippen LogP contribution in [0.2, 0.25) is 10.0 Å². The van der Waals surface area contributed by atoms with Crippen LogP contribution in [0.5, 0.6) is 0 Å². The highest BCUT2D eigenvalue weighted by atomic mass is 35.5. The van der Waals surface area contributed by atoms with E-state index in [-0.39, 0.29) is 5.78 Å². The number of hydrogen-bond donors (Lipinski definition) is 0. The zero-order chi connectivity index (χ0) is 16.5. The van der Waals surface area contributed by atoms with E-state index >= 15 is 0 Å². The minimum Gasteiger partial charge on any atom is -0.297 e. The van der Waals surface area contributed by atoms with Gasteiger partial charge in [-0.3, -0.25) is 9.69 Å². The van der Waals surface area contributed by atoms with Crippen molar-refractivity contribution in [2.24, 2.45) is 11.8 Å². The van der Waals surface area contributed by atoms with Crippen LogP contribution in [0.1, 0.15) is 41.8 Å². The Kier molecular flexibility index (Phi) is 3.54. The molecular formula is C19H19Cl2NOS. The van der Waals surface area contributed by atoms with Crippen LogP contribution in [0.25, 0.3) is 10.1 Å². The zero-order valence-electron chi connectivity index (χ0n) is 13.4. The van der Waals surface area contributed by atoms with E-state index in [1.807, 2.05) is 12.1 Å². The lowest BCUT2D eigenvalue weighted by Crippen LogP contribution is -2.57. The van der Waals surface area contributed by atoms with E-state index in [4.69, 9.17) is 23.2 Å². The van der Waals surface area contributed by atoms with E-state index < -0.39 is 0 Å². The maximum absolute atomic E-state index is 13.0. The van der Waals surface area contributed by atoms with E-state index in [9.17, 15) is 4.79 Å². The lowest BCUT2D eigenvalue weighted by atomic mass is 9.70. The summed E-state index contributed by atoms with van der Waals surface area (Å²) in [5.41, 5.74) is 0.370. The fourth-order valence-electron chi connectivity index (χ4n) is 5.07. The van der Waals surface area contributed by atoms with Crippen molar-refractivity contribution in [3.8, 4) is 0 Å². The first-order valence-corrected chi connectivity index (χ1v) is 10.3. The summed E-state index contributed by atoms with van der Waals surface area (Å²) in [4.78, 5) is 16.5. The van der Waals surface area contributed by atoms with Gasteiger partial charge in [0.2, 0.25) is 0 Å². The Morgan fingerprint density at radius 3 is 2.71 bits per heavy atom. The number of Topliss-reactive ketones (excluding diaryl/α,β-unsaturated/α-hetero) is 1. The lowest BCUT2D eigenvalue weighted by molar-refractivity contribution is -0.0273. The molecule has 1 saturated carbocycles. The molecule has 2 nitrogen and oxygen atoms in total. The second kappa shape index (κ2) is 5.44. The van der Waals surface area contributed by atoms with Crippen molar-refractivity contribution in [1.82, 2.24) is 4.90 Å². The molecule has 1 atom stereocenters. The summed E-state index contributed by atoms with van der Waals surface area (Å²) >= 11 is 13.9. The molecule has 126 valence electrons. The molecule has 4 heterocycles. The number of carbonyl (C=O) groups is 1. The number of benzene rings is 1. The summed E-state index contributed by atoms with van der Waals surface area (Å²) < 4.78 is 0.933. The summed E-state index contributed by atoms with van der Waals surface area (Å²) in [5, 5.41) is 2.15. The molecule has 0 amide bonds. The minimum absolute atomic E-state index is 0.286. The SMILES string of the molecule is O=C(C[C@@H]1C2CCN(CC2)C12CC2)c1cc2ccc(Cl)c(Cl)c2s1. The second-order valence-corrected chi connectivity index (χ2v) is 9.39. The van der Waals surface area contributed by atoms with E-state index in [1.54, 1.807) is 6.07 Å². The van der Waals surface area contributed by atoms with Crippen molar-refractivity contribution < 1.29 is 4.79 Å². The van der Waals surface area contributed by atoms with E-state index in [0.29, 0.717) is 27.9 Å². The molecule has 1 aromatic carbocycles. The summed E-state index contributed by atoms with van der Waals surface area (Å²) in [6, 6.07) is 5.75. The number of rotatable bonds is 3. The average molecular weight is 380 g/mol. The standard InChI is InChI=1S/C19H19Cl2NOS/c20-14-2-1-12-9-16(24-18(12)17(14)21)15(23)10-13-11-3-7-22(8-4-11)19(13)5-6-19/h1-2,9,11,13H,3-8,10H2/t13-/m1/s1. The van der Waals surface area contributed by atoms with Crippen LogP contribution in [0.4, 0.5) is 0 Å². The summed E-state index contributed by atoms with van der Waals surface area (Å²) in [6.07, 6.45) is 5.81. The van der Waals surface area contributed by atoms with Gasteiger partial charge >= 0.3 is 0 Å². The topological polar surface area (TPSA) is 20.3 Å². The Balaban J connectivity index is 1.44. The highest BCUT2D eigenvalue weighted by Crippen LogP contribution is 2.58. The van der Waals surface area contributed by atoms with E-state index in [2.05, 4.69) is 4.90 Å². The number of carbonyl (C=O) groups excluding carboxylic acids is 1. The van der Waals surface area contributed by atoms with Gasteiger partial charge in [-0.1, -0.05) is 29.3 Å². The zero-order valence-corrected chi connectivity index (χ0v) is 15.7. The number of piperidine rings is 3. The Hall–Kier alpha value is -0.610. The van der Waals surface area contributed by atoms with Gasteiger partial charge in [0.15, 0.2) is 5.78 Å². The van der Waals surface area contributed by atoms with Gasteiger partial charge in [-0.05, 0) is 68.1 Å². The molecule has 1 spiro atoms. The molecule has 6 rings (SSSR count). The summed E-state index contributed by atoms with van der Waals surface area (Å²) in [6.45, 7) is 2.48. The quantitative estimate of drug-likeness (QED) is 0.641. The Morgan fingerprint density at radius 1 is 1.25 bits per heavy atom. The van der Waals surface area contributed by atoms with Crippen molar-refractivity contribution in [2.45, 2.75) is 37.6 Å². The number of hydrogen-bond acceptors (Lipinski definition) is 3. The smallest absolute Gasteiger partial charge is 0.173 e. The highest BCUT2D eigenvalue weighted by Gasteiger charge is 2.60. The van der Waals surface area contributed by atoms with Crippen LogP contribution in [-0.4, -0.2) is 29.3 Å². The maximum Gasteiger partial charge on any atom is 0.173 e. The van der Waals surface area contributed by atoms with Gasteiger partial charge in [-0.15, -0.1) is 11.3 Å². The Bertz CT molecular complexity index is 833. The van der Waals surface area contributed by atoms with Gasteiger partial charge in [0.05, 0.1) is 19.6 Å². The van der Waals surface area contributed by atoms with Gasteiger partial charge in [0.1, 0.15) is 0 Å². The molecule has 4 fully saturated rings. The van der Waals surface area contributed by atoms with Crippen molar-refractivity contribution in [3.05, 3.63) is 33.1 Å². The third-order valence-corrected chi connectivity index (χ3v) is 8.58. The predicted octanol–water partition coefficient (Wildman–Crippen LogP) is 5.66. The fourth-order valence-corrected chi connectivity index (χ4v) is 6.62. The first-order chi connectivity index (χ1) is 11.6. The van der Waals surface area contributed by atoms with Crippen LogP contribution in [-0.2, 0) is 0 Å². The van der Waals surface area contributed by atoms with Crippen molar-refractivity contribution in [1.29, 1.82) is 0 Å². The van der Waals surface area contributed by atoms with Gasteiger partial charge in [-0.25, -0.2) is 0 Å². The van der Waals surface area contributed by atoms with Gasteiger partial charge in [0, 0.05) is 12.0 Å². The minimum atomic E-state index is 0.286. The number of thiophene rings is 1. The molecule has 5 heteroatoms. The molecule has 1 aliphatic carbocycles. The fraction of sp³-hybridized carbons (Fsp3) is 0.526. The number of halogens is 2. The monoisotopic (exact) mass is 379 g/mol. The first-order valence-electron chi connectivity index (χ1n) is 8.74. The summed E-state index contributed by atoms with van der Waals surface area (Å²) in [5.74, 6) is 1.58. The molecule has 0 N–H and O–H groups in total. The molecule has 2 bridgehead atoms. The highest BCUT2D eigenvalue weighted by molar-refractivity contribution is 7.21. The van der Waals surface area contributed by atoms with Crippen molar-refractivity contribution in [2.75, 3.05) is 13.1 Å². The average Bonchev–Trinajstić information content (AvgIpc) is 3.24. The predicted molar refractivity (Wildman–Crippen MR) is 101 cm³/mol. The second-order valence-electron chi connectivity index (χ2n) is 7.55. The third-order valence-electron chi connectivity index (χ3n) is 6.45. The van der Waals surface area contributed by atoms with Gasteiger partial charge < -0.3 is 0 Å². The molecule has 1 aromatic heterocycles. The van der Waals surface area contributed by atoms with Crippen molar-refractivity contribution >= 4 is 50.4 Å². The molecule has 4 aliphatic rings. The van der Waals surface area contributed by atoms with Crippen molar-refractivity contribution in [3.63, 3.8) is 0 Å². The lowest BCUT2D eigenvalue weighted by Gasteiger charge is -2.52. The molecule has 0 radical (unpaired) electrons. The van der Waals surface area contributed by atoms with Crippen LogP contribution in [0, 0.1) is 11.8 Å². The van der Waals surface area contributed by atoms with Crippen LogP contribution in [0.3, 0.4) is 0 Å². The molecule has 3 aliphatic heterocycles. The normalized spacial score (nSPS) is 30.2. The van der Waals surface area contributed by atoms with Gasteiger partial charge in [0.25, 0.3) is 0 Å². The Labute approximate surface area is 155 Å². The maximum atomic E-state index is 13.0. The van der Waals surface area contributed by atoms with Crippen LogP contribution in [0.15, 0.2) is 18.2 Å². The third kappa shape index (κ3) is 2.21.